The van der Waals surface area contributed by atoms with E-state index in [1.807, 2.05) is 30.5 Å². The number of nitrogens with one attached hydrogen (secondary N) is 1. The fraction of sp³-hybridized carbons (Fsp3) is 0.310. The van der Waals surface area contributed by atoms with Gasteiger partial charge in [0.15, 0.2) is 0 Å². The van der Waals surface area contributed by atoms with Crippen LogP contribution in [0.5, 0.6) is 0 Å². The minimum Gasteiger partial charge on any atom is -0.345 e. The average Bonchev–Trinajstić information content (AvgIpc) is 3.55. The number of nitrogens with zero attached hydrogens (tertiary/aromatic N) is 5. The van der Waals surface area contributed by atoms with Gasteiger partial charge in [0.05, 0.1) is 33.8 Å². The Hall–Kier alpha value is -3.92. The lowest BCUT2D eigenvalue weighted by atomic mass is 9.80. The molecule has 13 heteroatoms. The van der Waals surface area contributed by atoms with Gasteiger partial charge < -0.3 is 9.88 Å². The molecule has 1 aliphatic rings. The van der Waals surface area contributed by atoms with Crippen LogP contribution in [0.4, 0.5) is 13.2 Å². The number of alkyl halides is 3. The molecule has 1 N–H and O–H groups in total. The van der Waals surface area contributed by atoms with Crippen molar-refractivity contribution in [1.82, 2.24) is 24.0 Å². The number of hydrogen-bond acceptors (Lipinski definition) is 6. The molecule has 0 saturated carbocycles. The van der Waals surface area contributed by atoms with Crippen molar-refractivity contribution in [1.29, 1.82) is 5.26 Å². The number of aromatic nitrogens is 4. The van der Waals surface area contributed by atoms with Gasteiger partial charge in [-0.05, 0) is 56.3 Å². The first-order chi connectivity index (χ1) is 20.1. The summed E-state index contributed by atoms with van der Waals surface area (Å²) in [5, 5.41) is 14.9. The Labute approximate surface area is 246 Å². The molecule has 5 aromatic rings. The fourth-order valence-electron chi connectivity index (χ4n) is 5.64. The molecular formula is C29H24ClF3N6O2S. The number of pyridine rings is 1. The van der Waals surface area contributed by atoms with E-state index in [2.05, 4.69) is 20.9 Å². The molecule has 6 rings (SSSR count). The van der Waals surface area contributed by atoms with Gasteiger partial charge >= 0.3 is 11.9 Å². The van der Waals surface area contributed by atoms with Crippen LogP contribution in [0, 0.1) is 16.7 Å². The van der Waals surface area contributed by atoms with Crippen LogP contribution in [-0.2, 0) is 19.6 Å². The van der Waals surface area contributed by atoms with Gasteiger partial charge in [0.25, 0.3) is 5.56 Å². The molecule has 1 aliphatic heterocycles. The van der Waals surface area contributed by atoms with Crippen LogP contribution in [0.1, 0.15) is 17.7 Å². The molecule has 4 aromatic heterocycles. The largest absolute Gasteiger partial charge is 0.406 e. The quantitative estimate of drug-likeness (QED) is 0.277. The number of fused-ring (bicyclic) bond motifs is 2. The molecule has 1 saturated heterocycles. The SMILES string of the molecule is N#CC1(Cn2ccc3cc(Cl)cc(-c4ccnc5cc(Cn6c(=O)ccn(CC(F)(F)F)c6=O)sc45)c32)CCNCC1. The number of piperidine rings is 1. The smallest absolute Gasteiger partial charge is 0.345 e. The van der Waals surface area contributed by atoms with Gasteiger partial charge in [0.1, 0.15) is 6.54 Å². The second-order valence-electron chi connectivity index (χ2n) is 10.5. The van der Waals surface area contributed by atoms with E-state index in [1.54, 1.807) is 12.3 Å². The van der Waals surface area contributed by atoms with Gasteiger partial charge in [-0.25, -0.2) is 4.79 Å². The predicted octanol–water partition coefficient (Wildman–Crippen LogP) is 5.40. The van der Waals surface area contributed by atoms with Gasteiger partial charge in [0.2, 0.25) is 0 Å². The van der Waals surface area contributed by atoms with Crippen molar-refractivity contribution in [2.24, 2.45) is 5.41 Å². The summed E-state index contributed by atoms with van der Waals surface area (Å²) in [6, 6.07) is 12.8. The zero-order valence-electron chi connectivity index (χ0n) is 22.1. The maximum absolute atomic E-state index is 13.0. The first-order valence-electron chi connectivity index (χ1n) is 13.2. The highest BCUT2D eigenvalue weighted by Gasteiger charge is 2.33. The summed E-state index contributed by atoms with van der Waals surface area (Å²) in [6.45, 7) is 0.393. The third-order valence-corrected chi connectivity index (χ3v) is 9.01. The van der Waals surface area contributed by atoms with Crippen LogP contribution in [0.2, 0.25) is 5.02 Å². The molecule has 42 heavy (non-hydrogen) atoms. The van der Waals surface area contributed by atoms with E-state index in [-0.39, 0.29) is 6.54 Å². The van der Waals surface area contributed by atoms with Gasteiger partial charge in [-0.3, -0.25) is 18.9 Å². The lowest BCUT2D eigenvalue weighted by Crippen LogP contribution is -2.41. The van der Waals surface area contributed by atoms with Crippen LogP contribution in [-0.4, -0.2) is 38.0 Å². The fourth-order valence-corrected chi connectivity index (χ4v) is 6.99. The molecule has 5 heterocycles. The topological polar surface area (TPSA) is 97.6 Å². The molecule has 0 unspecified atom stereocenters. The first-order valence-corrected chi connectivity index (χ1v) is 14.4. The lowest BCUT2D eigenvalue weighted by molar-refractivity contribution is -0.141. The van der Waals surface area contributed by atoms with Gasteiger partial charge in [-0.1, -0.05) is 11.6 Å². The monoisotopic (exact) mass is 612 g/mol. The Morgan fingerprint density at radius 3 is 2.57 bits per heavy atom. The summed E-state index contributed by atoms with van der Waals surface area (Å²) in [4.78, 5) is 30.3. The first kappa shape index (κ1) is 28.2. The van der Waals surface area contributed by atoms with E-state index >= 15 is 0 Å². The molecule has 8 nitrogen and oxygen atoms in total. The molecule has 0 radical (unpaired) electrons. The van der Waals surface area contributed by atoms with Gasteiger partial charge in [-0.15, -0.1) is 11.3 Å². The predicted molar refractivity (Wildman–Crippen MR) is 156 cm³/mol. The summed E-state index contributed by atoms with van der Waals surface area (Å²) < 4.78 is 43.0. The minimum absolute atomic E-state index is 0.198. The van der Waals surface area contributed by atoms with Crippen molar-refractivity contribution >= 4 is 44.1 Å². The average molecular weight is 613 g/mol. The third-order valence-electron chi connectivity index (χ3n) is 7.65. The second-order valence-corrected chi connectivity index (χ2v) is 12.1. The number of benzene rings is 1. The van der Waals surface area contributed by atoms with E-state index in [0.717, 1.165) is 69.5 Å². The second kappa shape index (κ2) is 10.7. The molecule has 0 bridgehead atoms. The molecular weight excluding hydrogens is 589 g/mol. The van der Waals surface area contributed by atoms with Gasteiger partial charge in [-0.2, -0.15) is 18.4 Å². The van der Waals surface area contributed by atoms with Crippen molar-refractivity contribution in [2.75, 3.05) is 13.1 Å². The van der Waals surface area contributed by atoms with Crippen LogP contribution in [0.25, 0.3) is 32.2 Å². The van der Waals surface area contributed by atoms with Crippen molar-refractivity contribution in [3.8, 4) is 17.2 Å². The van der Waals surface area contributed by atoms with E-state index in [1.165, 1.54) is 11.3 Å². The van der Waals surface area contributed by atoms with Crippen LogP contribution >= 0.6 is 22.9 Å². The Balaban J connectivity index is 1.44. The number of rotatable bonds is 6. The number of thiophene rings is 1. The van der Waals surface area contributed by atoms with Gasteiger partial charge in [0, 0.05) is 57.6 Å². The zero-order valence-corrected chi connectivity index (χ0v) is 23.7. The standard InChI is InChI=1S/C29H24ClF3N6O2S/c30-19-11-18-2-9-37(16-28(15-34)4-7-35-8-5-28)25(18)22(12-19)21-1-6-36-23-13-20(42-26(21)23)14-39-24(40)3-10-38(27(39)41)17-29(31,32)33/h1-3,6,9-13,35H,4-5,7-8,14,16-17H2. The highest BCUT2D eigenvalue weighted by molar-refractivity contribution is 7.19. The number of nitriles is 1. The number of halogens is 4. The van der Waals surface area contributed by atoms with E-state index in [0.29, 0.717) is 26.5 Å². The molecule has 0 aliphatic carbocycles. The minimum atomic E-state index is -4.61. The Kier molecular flexibility index (Phi) is 7.21. The Bertz CT molecular complexity index is 1980. The third kappa shape index (κ3) is 5.35. The maximum atomic E-state index is 13.0. The zero-order chi connectivity index (χ0) is 29.6. The molecule has 0 spiro atoms. The lowest BCUT2D eigenvalue weighted by Gasteiger charge is -2.32. The molecule has 0 amide bonds. The molecule has 216 valence electrons. The van der Waals surface area contributed by atoms with E-state index < -0.39 is 29.4 Å². The van der Waals surface area contributed by atoms with Crippen LogP contribution in [0.3, 0.4) is 0 Å². The normalized spacial score (nSPS) is 15.3. The van der Waals surface area contributed by atoms with Crippen molar-refractivity contribution in [2.45, 2.75) is 38.7 Å². The molecule has 0 atom stereocenters. The Morgan fingerprint density at radius 1 is 1.07 bits per heavy atom. The number of hydrogen-bond donors (Lipinski definition) is 1. The molecule has 1 aromatic carbocycles. The Morgan fingerprint density at radius 2 is 1.83 bits per heavy atom. The summed E-state index contributed by atoms with van der Waals surface area (Å²) in [6.07, 6.45) is 1.36. The van der Waals surface area contributed by atoms with Crippen molar-refractivity contribution < 1.29 is 13.2 Å². The summed E-state index contributed by atoms with van der Waals surface area (Å²) in [5.41, 5.74) is 0.978. The molecule has 1 fully saturated rings. The highest BCUT2D eigenvalue weighted by Crippen LogP contribution is 2.40. The summed E-state index contributed by atoms with van der Waals surface area (Å²) in [7, 11) is 0. The highest BCUT2D eigenvalue weighted by atomic mass is 35.5. The van der Waals surface area contributed by atoms with Crippen molar-refractivity contribution in [3.63, 3.8) is 0 Å². The van der Waals surface area contributed by atoms with Crippen molar-refractivity contribution in [3.05, 3.63) is 85.7 Å². The van der Waals surface area contributed by atoms with E-state index in [4.69, 9.17) is 11.6 Å². The summed E-state index contributed by atoms with van der Waals surface area (Å²) >= 11 is 7.86. The summed E-state index contributed by atoms with van der Waals surface area (Å²) in [5.74, 6) is 0. The van der Waals surface area contributed by atoms with Crippen LogP contribution in [0.15, 0.2) is 64.6 Å². The van der Waals surface area contributed by atoms with Crippen LogP contribution < -0.4 is 16.6 Å². The van der Waals surface area contributed by atoms with E-state index in [9.17, 15) is 28.0 Å². The maximum Gasteiger partial charge on any atom is 0.406 e.